The first kappa shape index (κ1) is 19.8. The highest BCUT2D eigenvalue weighted by molar-refractivity contribution is 8.00. The second-order valence-electron chi connectivity index (χ2n) is 6.01. The van der Waals surface area contributed by atoms with Crippen LogP contribution in [0.4, 0.5) is 0 Å². The molecule has 0 saturated carbocycles. The van der Waals surface area contributed by atoms with Crippen molar-refractivity contribution in [3.05, 3.63) is 42.2 Å². The summed E-state index contributed by atoms with van der Waals surface area (Å²) in [5.41, 5.74) is 0.918. The van der Waals surface area contributed by atoms with Gasteiger partial charge in [0.05, 0.1) is 25.7 Å². The highest BCUT2D eigenvalue weighted by atomic mass is 32.2. The Kier molecular flexibility index (Phi) is 6.25. The molecule has 148 valence electrons. The molecule has 1 amide bonds. The monoisotopic (exact) mass is 402 g/mol. The molecule has 3 rings (SSSR count). The zero-order valence-corrected chi connectivity index (χ0v) is 16.9. The van der Waals surface area contributed by atoms with Crippen LogP contribution in [0.25, 0.3) is 11.6 Å². The van der Waals surface area contributed by atoms with Gasteiger partial charge >= 0.3 is 0 Å². The Morgan fingerprint density at radius 1 is 1.25 bits per heavy atom. The Bertz CT molecular complexity index is 940. The Morgan fingerprint density at radius 3 is 2.71 bits per heavy atom. The molecule has 0 bridgehead atoms. The molecular weight excluding hydrogens is 380 g/mol. The molecule has 9 heteroatoms. The molecule has 2 heterocycles. The number of rotatable bonds is 8. The first-order chi connectivity index (χ1) is 13.5. The van der Waals surface area contributed by atoms with Gasteiger partial charge in [0.2, 0.25) is 5.91 Å². The lowest BCUT2D eigenvalue weighted by Crippen LogP contribution is -2.30. The topological polar surface area (TPSA) is 91.4 Å². The van der Waals surface area contributed by atoms with Crippen LogP contribution in [0.5, 0.6) is 11.5 Å². The van der Waals surface area contributed by atoms with Gasteiger partial charge in [0.15, 0.2) is 28.2 Å². The predicted octanol–water partition coefficient (Wildman–Crippen LogP) is 2.89. The molecule has 0 radical (unpaired) electrons. The molecule has 0 fully saturated rings. The van der Waals surface area contributed by atoms with Gasteiger partial charge in [-0.15, -0.1) is 10.2 Å². The first-order valence-electron chi connectivity index (χ1n) is 8.62. The lowest BCUT2D eigenvalue weighted by atomic mass is 10.2. The molecule has 0 aliphatic heterocycles. The van der Waals surface area contributed by atoms with E-state index in [2.05, 4.69) is 15.5 Å². The van der Waals surface area contributed by atoms with Gasteiger partial charge in [0.1, 0.15) is 0 Å². The number of nitrogens with zero attached hydrogens (tertiary/aromatic N) is 3. The number of methoxy groups -OCH3 is 2. The average molecular weight is 402 g/mol. The maximum absolute atomic E-state index is 12.5. The highest BCUT2D eigenvalue weighted by Crippen LogP contribution is 2.28. The van der Waals surface area contributed by atoms with Crippen LogP contribution >= 0.6 is 11.8 Å². The summed E-state index contributed by atoms with van der Waals surface area (Å²) in [4.78, 5) is 12.5. The minimum Gasteiger partial charge on any atom is -0.493 e. The zero-order chi connectivity index (χ0) is 20.1. The van der Waals surface area contributed by atoms with Crippen LogP contribution in [0.3, 0.4) is 0 Å². The smallest absolute Gasteiger partial charge is 0.233 e. The molecule has 0 unspecified atom stereocenters. The average Bonchev–Trinajstić information content (AvgIpc) is 3.36. The molecule has 2 aromatic heterocycles. The number of carbonyl (C=O) groups excluding carboxylic acids is 1. The molecule has 1 aromatic carbocycles. The van der Waals surface area contributed by atoms with E-state index in [0.717, 1.165) is 5.56 Å². The molecule has 28 heavy (non-hydrogen) atoms. The third-order valence-electron chi connectivity index (χ3n) is 4.14. The van der Waals surface area contributed by atoms with Crippen molar-refractivity contribution in [1.82, 2.24) is 20.1 Å². The van der Waals surface area contributed by atoms with Crippen molar-refractivity contribution in [2.75, 3.05) is 14.2 Å². The molecule has 0 spiro atoms. The van der Waals surface area contributed by atoms with E-state index in [4.69, 9.17) is 13.9 Å². The van der Waals surface area contributed by atoms with Crippen molar-refractivity contribution in [2.24, 2.45) is 7.05 Å². The molecule has 8 nitrogen and oxygen atoms in total. The van der Waals surface area contributed by atoms with Gasteiger partial charge in [-0.2, -0.15) is 0 Å². The standard InChI is InChI=1S/C19H22N4O4S/c1-12(28-19-22-21-17(23(19)2)15-6-5-9-27-15)18(24)20-11-13-7-8-14(25-3)16(10-13)26-4/h5-10,12H,11H2,1-4H3,(H,20,24)/t12-/m0/s1. The Labute approximate surface area is 167 Å². The minimum atomic E-state index is -0.340. The number of hydrogen-bond acceptors (Lipinski definition) is 7. The van der Waals surface area contributed by atoms with E-state index in [1.807, 2.05) is 42.8 Å². The van der Waals surface area contributed by atoms with Crippen LogP contribution in [-0.2, 0) is 18.4 Å². The number of furan rings is 1. The van der Waals surface area contributed by atoms with Crippen molar-refractivity contribution in [3.8, 4) is 23.1 Å². The largest absolute Gasteiger partial charge is 0.493 e. The summed E-state index contributed by atoms with van der Waals surface area (Å²) in [5, 5.41) is 11.5. The van der Waals surface area contributed by atoms with Crippen LogP contribution in [0, 0.1) is 0 Å². The van der Waals surface area contributed by atoms with Gasteiger partial charge in [0, 0.05) is 13.6 Å². The fraction of sp³-hybridized carbons (Fsp3) is 0.316. The maximum Gasteiger partial charge on any atom is 0.233 e. The number of benzene rings is 1. The van der Waals surface area contributed by atoms with Crippen LogP contribution in [0.15, 0.2) is 46.2 Å². The summed E-state index contributed by atoms with van der Waals surface area (Å²) < 4.78 is 17.7. The number of amides is 1. The number of nitrogens with one attached hydrogen (secondary N) is 1. The SMILES string of the molecule is COc1ccc(CNC(=O)[C@H](C)Sc2nnc(-c3ccco3)n2C)cc1OC. The summed E-state index contributed by atoms with van der Waals surface area (Å²) in [6.45, 7) is 2.22. The highest BCUT2D eigenvalue weighted by Gasteiger charge is 2.20. The van der Waals surface area contributed by atoms with Gasteiger partial charge in [0.25, 0.3) is 0 Å². The summed E-state index contributed by atoms with van der Waals surface area (Å²) in [6.07, 6.45) is 1.58. The van der Waals surface area contributed by atoms with Crippen molar-refractivity contribution >= 4 is 17.7 Å². The van der Waals surface area contributed by atoms with Gasteiger partial charge < -0.3 is 23.8 Å². The van der Waals surface area contributed by atoms with E-state index in [-0.39, 0.29) is 11.2 Å². The number of ether oxygens (including phenoxy) is 2. The zero-order valence-electron chi connectivity index (χ0n) is 16.1. The summed E-state index contributed by atoms with van der Waals surface area (Å²) >= 11 is 1.34. The van der Waals surface area contributed by atoms with E-state index in [9.17, 15) is 4.79 Å². The summed E-state index contributed by atoms with van der Waals surface area (Å²) in [5.74, 6) is 2.43. The van der Waals surface area contributed by atoms with Crippen molar-refractivity contribution in [2.45, 2.75) is 23.9 Å². The number of hydrogen-bond donors (Lipinski definition) is 1. The Balaban J connectivity index is 1.60. The molecule has 1 N–H and O–H groups in total. The normalized spacial score (nSPS) is 11.9. The van der Waals surface area contributed by atoms with Crippen molar-refractivity contribution in [3.63, 3.8) is 0 Å². The lowest BCUT2D eigenvalue weighted by Gasteiger charge is -2.13. The number of thioether (sulfide) groups is 1. The van der Waals surface area contributed by atoms with Crippen molar-refractivity contribution < 1.29 is 18.7 Å². The molecule has 0 aliphatic carbocycles. The number of carbonyl (C=O) groups is 1. The predicted molar refractivity (Wildman–Crippen MR) is 105 cm³/mol. The fourth-order valence-electron chi connectivity index (χ4n) is 2.57. The molecule has 0 aliphatic rings. The van der Waals surface area contributed by atoms with Crippen LogP contribution in [0.2, 0.25) is 0 Å². The van der Waals surface area contributed by atoms with E-state index in [1.54, 1.807) is 26.5 Å². The van der Waals surface area contributed by atoms with E-state index in [1.165, 1.54) is 11.8 Å². The first-order valence-corrected chi connectivity index (χ1v) is 9.50. The Hall–Kier alpha value is -2.94. The number of aromatic nitrogens is 3. The molecule has 3 aromatic rings. The summed E-state index contributed by atoms with van der Waals surface area (Å²) in [7, 11) is 5.01. The Morgan fingerprint density at radius 2 is 2.04 bits per heavy atom. The van der Waals surface area contributed by atoms with Crippen LogP contribution in [0.1, 0.15) is 12.5 Å². The maximum atomic E-state index is 12.5. The van der Waals surface area contributed by atoms with Gasteiger partial charge in [-0.25, -0.2) is 0 Å². The van der Waals surface area contributed by atoms with E-state index < -0.39 is 0 Å². The fourth-order valence-corrected chi connectivity index (χ4v) is 3.41. The van der Waals surface area contributed by atoms with Crippen LogP contribution < -0.4 is 14.8 Å². The van der Waals surface area contributed by atoms with E-state index in [0.29, 0.717) is 34.8 Å². The molecular formula is C19H22N4O4S. The van der Waals surface area contributed by atoms with Crippen molar-refractivity contribution in [1.29, 1.82) is 0 Å². The summed E-state index contributed by atoms with van der Waals surface area (Å²) in [6, 6.07) is 9.15. The van der Waals surface area contributed by atoms with Crippen LogP contribution in [-0.4, -0.2) is 40.1 Å². The third kappa shape index (κ3) is 4.30. The van der Waals surface area contributed by atoms with E-state index >= 15 is 0 Å². The quantitative estimate of drug-likeness (QED) is 0.579. The second-order valence-corrected chi connectivity index (χ2v) is 7.32. The minimum absolute atomic E-state index is 0.0951. The van der Waals surface area contributed by atoms with Gasteiger partial charge in [-0.05, 0) is 36.8 Å². The molecule has 1 atom stereocenters. The third-order valence-corrected chi connectivity index (χ3v) is 5.28. The van der Waals surface area contributed by atoms with Gasteiger partial charge in [-0.3, -0.25) is 4.79 Å². The molecule has 0 saturated heterocycles. The van der Waals surface area contributed by atoms with Gasteiger partial charge in [-0.1, -0.05) is 17.8 Å². The lowest BCUT2D eigenvalue weighted by molar-refractivity contribution is -0.120. The second kappa shape index (κ2) is 8.83.